The van der Waals surface area contributed by atoms with Crippen molar-refractivity contribution < 1.29 is 87.0 Å². The van der Waals surface area contributed by atoms with Crippen molar-refractivity contribution in [2.24, 2.45) is 21.7 Å². The third-order valence-electron chi connectivity index (χ3n) is 17.6. The second kappa shape index (κ2) is 18.5. The van der Waals surface area contributed by atoms with Crippen LogP contribution in [0.3, 0.4) is 0 Å². The van der Waals surface area contributed by atoms with E-state index in [-0.39, 0.29) is 64.1 Å². The number of rotatable bonds is 7. The predicted molar refractivity (Wildman–Crippen MR) is 276 cm³/mol. The van der Waals surface area contributed by atoms with Crippen LogP contribution in [0.25, 0.3) is 0 Å². The van der Waals surface area contributed by atoms with Gasteiger partial charge in [0.25, 0.3) is 0 Å². The number of carbonyl (C=O) groups excluding carboxylic acids is 5. The molecule has 8 bridgehead atoms. The molecular weight excluding hydrogens is 1060 g/mol. The largest absolute Gasteiger partial charge is 0.499 e. The van der Waals surface area contributed by atoms with Crippen molar-refractivity contribution in [2.75, 3.05) is 35.0 Å². The number of hydrogen-bond donors (Lipinski definition) is 4. The van der Waals surface area contributed by atoms with Gasteiger partial charge in [-0.2, -0.15) is 0 Å². The second-order valence-corrected chi connectivity index (χ2v) is 22.9. The molecule has 4 N–H and O–H groups in total. The van der Waals surface area contributed by atoms with Crippen molar-refractivity contribution in [2.45, 2.75) is 124 Å². The number of esters is 5. The fraction of sp³-hybridized carbons (Fsp3) is 0.500. The lowest BCUT2D eigenvalue weighted by Crippen LogP contribution is -2.85. The number of fused-ring (bicyclic) bond motifs is 2. The molecule has 2 aromatic rings. The lowest BCUT2D eigenvalue weighted by molar-refractivity contribution is -0.331. The number of ether oxygens (including phenoxy) is 9. The van der Waals surface area contributed by atoms with Crippen molar-refractivity contribution >= 4 is 53.0 Å². The molecule has 10 aliphatic carbocycles. The molecule has 78 heavy (non-hydrogen) atoms. The minimum Gasteiger partial charge on any atom is -0.499 e. The van der Waals surface area contributed by atoms with Gasteiger partial charge in [-0.3, -0.25) is 14.4 Å². The highest BCUT2D eigenvalue weighted by Crippen LogP contribution is 2.80. The minimum absolute atomic E-state index is 0.00628. The number of aliphatic hydroxyl groups is 4. The van der Waals surface area contributed by atoms with Crippen LogP contribution in [0.5, 0.6) is 11.5 Å². The van der Waals surface area contributed by atoms with Crippen LogP contribution >= 0.6 is 23.2 Å². The average molecular weight is 1120 g/mol. The van der Waals surface area contributed by atoms with E-state index in [1.807, 2.05) is 26.0 Å². The Morgan fingerprint density at radius 1 is 0.628 bits per heavy atom. The molecule has 2 fully saturated rings. The minimum atomic E-state index is -2.35. The van der Waals surface area contributed by atoms with Gasteiger partial charge in [0.2, 0.25) is 0 Å². The monoisotopic (exact) mass is 1120 g/mol. The number of benzene rings is 2. The molecule has 0 saturated heterocycles. The van der Waals surface area contributed by atoms with Gasteiger partial charge in [-0.25, -0.2) is 9.59 Å². The number of carbonyl (C=O) groups is 5. The topological polar surface area (TPSA) is 249 Å². The first kappa shape index (κ1) is 55.2. The van der Waals surface area contributed by atoms with Crippen LogP contribution in [-0.2, 0) is 47.5 Å². The molecule has 2 aliphatic heterocycles. The molecule has 2 saturated carbocycles. The van der Waals surface area contributed by atoms with Gasteiger partial charge in [0.1, 0.15) is 34.1 Å². The lowest BCUT2D eigenvalue weighted by atomic mass is 9.46. The SMILES string of the molecule is CCOC(C)=O.COC(=O)[C@]12C=C(OC)[C@@]3(Cl)[C@](O)(C(C4=CCCC[C@@H]4O)=C[C@@]3(C)C1)[C@]21OC(=O)c2ccccc2O1.COC(=O)[C@]12C=C(OC)[C@@]3(Cl)[C@](O)(C(C4=CCCC[C@@H]4O)=C[C@@]3(C)C1)[C@]21OC(=O)c2ccccc2O1. The Hall–Kier alpha value is -6.15. The zero-order chi connectivity index (χ0) is 56.4. The van der Waals surface area contributed by atoms with Crippen LogP contribution in [0.4, 0.5) is 0 Å². The maximum Gasteiger partial charge on any atom is 0.345 e. The zero-order valence-electron chi connectivity index (χ0n) is 44.4. The number of aliphatic hydroxyl groups excluding tert-OH is 2. The molecule has 2 heterocycles. The maximum atomic E-state index is 13.7. The molecule has 18 nitrogen and oxygen atoms in total. The van der Waals surface area contributed by atoms with Crippen LogP contribution in [0.2, 0.25) is 0 Å². The predicted octanol–water partition coefficient (Wildman–Crippen LogP) is 6.90. The summed E-state index contributed by atoms with van der Waals surface area (Å²) in [5, 5.41) is 48.0. The molecule has 14 rings (SSSR count). The fourth-order valence-corrected chi connectivity index (χ4v) is 15.5. The Labute approximate surface area is 460 Å². The first-order valence-corrected chi connectivity index (χ1v) is 26.6. The second-order valence-electron chi connectivity index (χ2n) is 21.7. The Kier molecular flexibility index (Phi) is 13.1. The number of allylic oxidation sites excluding steroid dienone is 4. The summed E-state index contributed by atoms with van der Waals surface area (Å²) in [5.41, 5.74) is -8.71. The number of methoxy groups -OCH3 is 4. The third kappa shape index (κ3) is 6.55. The Morgan fingerprint density at radius 3 is 1.33 bits per heavy atom. The van der Waals surface area contributed by atoms with Gasteiger partial charge >= 0.3 is 41.4 Å². The summed E-state index contributed by atoms with van der Waals surface area (Å²) in [6.07, 6.45) is 12.3. The standard InChI is InChI=1S/2C27H27ClO8.C4H8O2/c2*1-23-12-17(15-8-4-6-10-18(15)29)26(32)25(23,28)20(33-2)13-24(14-23,22(31)34-3)27(26)35-19-11-7-5-9-16(19)21(30)36-27;1-3-6-4(2)5/h2*5,7-9,11-13,18,29,32H,4,6,10,14H2,1-3H3;3H2,1-2H3/t2*18-,23-,24-,25-,26+,27+;/m00./s1. The number of hydrogen-bond acceptors (Lipinski definition) is 18. The van der Waals surface area contributed by atoms with E-state index in [4.69, 9.17) is 61.1 Å². The summed E-state index contributed by atoms with van der Waals surface area (Å²) in [5.74, 6) is -7.48. The molecule has 2 spiro atoms. The first-order valence-electron chi connectivity index (χ1n) is 25.8. The molecule has 2 aromatic carbocycles. The van der Waals surface area contributed by atoms with Crippen LogP contribution in [0.1, 0.15) is 99.8 Å². The van der Waals surface area contributed by atoms with E-state index in [1.54, 1.807) is 55.5 Å². The summed E-state index contributed by atoms with van der Waals surface area (Å²) >= 11 is 14.9. The van der Waals surface area contributed by atoms with Crippen molar-refractivity contribution in [3.8, 4) is 11.5 Å². The van der Waals surface area contributed by atoms with E-state index in [0.29, 0.717) is 43.4 Å². The van der Waals surface area contributed by atoms with Crippen molar-refractivity contribution in [3.63, 3.8) is 0 Å². The molecule has 12 atom stereocenters. The van der Waals surface area contributed by atoms with E-state index < -0.39 is 90.3 Å². The maximum absolute atomic E-state index is 13.7. The molecule has 0 amide bonds. The summed E-state index contributed by atoms with van der Waals surface area (Å²) in [4.78, 5) is 60.7. The Balaban J connectivity index is 0.000000160. The van der Waals surface area contributed by atoms with Gasteiger partial charge in [-0.05, 0) is 117 Å². The highest BCUT2D eigenvalue weighted by atomic mass is 35.5. The van der Waals surface area contributed by atoms with Gasteiger partial charge in [0, 0.05) is 17.8 Å². The van der Waals surface area contributed by atoms with Gasteiger partial charge in [0.15, 0.2) is 31.8 Å². The Morgan fingerprint density at radius 2 is 1.01 bits per heavy atom. The lowest BCUT2D eigenvalue weighted by Gasteiger charge is -2.67. The van der Waals surface area contributed by atoms with E-state index in [2.05, 4.69) is 4.74 Å². The van der Waals surface area contributed by atoms with E-state index in [0.717, 1.165) is 12.8 Å². The average Bonchev–Trinajstić information content (AvgIpc) is 2.47. The van der Waals surface area contributed by atoms with Crippen LogP contribution in [0, 0.1) is 21.7 Å². The van der Waals surface area contributed by atoms with Gasteiger partial charge in [-0.15, -0.1) is 23.2 Å². The van der Waals surface area contributed by atoms with Gasteiger partial charge < -0.3 is 63.1 Å². The smallest absolute Gasteiger partial charge is 0.345 e. The Bertz CT molecular complexity index is 2950. The molecule has 12 aliphatic rings. The normalized spacial score (nSPS) is 39.4. The van der Waals surface area contributed by atoms with Crippen LogP contribution in [-0.4, -0.2) is 130 Å². The molecule has 416 valence electrons. The third-order valence-corrected chi connectivity index (χ3v) is 19.4. The molecule has 0 aromatic heterocycles. The van der Waals surface area contributed by atoms with Crippen LogP contribution in [0.15, 0.2) is 119 Å². The van der Waals surface area contributed by atoms with Crippen molar-refractivity contribution in [3.05, 3.63) is 130 Å². The van der Waals surface area contributed by atoms with E-state index >= 15 is 0 Å². The summed E-state index contributed by atoms with van der Waals surface area (Å²) in [6, 6.07) is 12.9. The molecule has 20 heteroatoms. The fourth-order valence-electron chi connectivity index (χ4n) is 14.5. The first-order chi connectivity index (χ1) is 36.9. The number of halogens is 2. The van der Waals surface area contributed by atoms with Gasteiger partial charge in [0.05, 0.1) is 47.3 Å². The van der Waals surface area contributed by atoms with E-state index in [9.17, 15) is 44.4 Å². The summed E-state index contributed by atoms with van der Waals surface area (Å²) in [7, 11) is 5.24. The van der Waals surface area contributed by atoms with Crippen LogP contribution < -0.4 is 9.47 Å². The number of para-hydroxylation sites is 2. The zero-order valence-corrected chi connectivity index (χ0v) is 45.9. The van der Waals surface area contributed by atoms with Crippen molar-refractivity contribution in [1.29, 1.82) is 0 Å². The molecule has 0 unspecified atom stereocenters. The summed E-state index contributed by atoms with van der Waals surface area (Å²) < 4.78 is 51.3. The highest BCUT2D eigenvalue weighted by Gasteiger charge is 2.94. The quantitative estimate of drug-likeness (QED) is 0.125. The van der Waals surface area contributed by atoms with Crippen molar-refractivity contribution in [1.82, 2.24) is 0 Å². The summed E-state index contributed by atoms with van der Waals surface area (Å²) in [6.45, 7) is 7.27. The highest BCUT2D eigenvalue weighted by molar-refractivity contribution is 6.30. The van der Waals surface area contributed by atoms with Gasteiger partial charge in [-0.1, -0.05) is 62.4 Å². The number of alkyl halides is 2. The molecule has 0 radical (unpaired) electrons. The van der Waals surface area contributed by atoms with E-state index in [1.165, 1.54) is 59.6 Å². The molecular formula is C58H62Cl2O18.